The van der Waals surface area contributed by atoms with Crippen LogP contribution in [-0.2, 0) is 4.57 Å². The Kier molecular flexibility index (Phi) is 4.84. The van der Waals surface area contributed by atoms with Gasteiger partial charge >= 0.3 is 0 Å². The standard InChI is InChI=1S/C26H25O2P/c1-26(2,3)29(28,20-12-5-4-6-13-20)24-16-10-9-15-22(24)25-21-14-8-7-11-19(21)17-18-23(25)27/h4-18,27H,1-3H3/t29-/m1/s1. The summed E-state index contributed by atoms with van der Waals surface area (Å²) in [4.78, 5) is 0. The molecule has 0 radical (unpaired) electrons. The largest absolute Gasteiger partial charge is 0.507 e. The van der Waals surface area contributed by atoms with E-state index in [0.29, 0.717) is 0 Å². The van der Waals surface area contributed by atoms with Gasteiger partial charge in [0.2, 0.25) is 0 Å². The van der Waals surface area contributed by atoms with Gasteiger partial charge in [0.1, 0.15) is 12.9 Å². The first-order valence-corrected chi connectivity index (χ1v) is 11.5. The number of benzene rings is 4. The van der Waals surface area contributed by atoms with Gasteiger partial charge in [-0.05, 0) is 22.4 Å². The van der Waals surface area contributed by atoms with Gasteiger partial charge in [-0.2, -0.15) is 0 Å². The van der Waals surface area contributed by atoms with Crippen molar-refractivity contribution in [2.75, 3.05) is 0 Å². The minimum absolute atomic E-state index is 0.199. The smallest absolute Gasteiger partial charge is 0.148 e. The minimum atomic E-state index is -3.02. The molecule has 4 rings (SSSR count). The van der Waals surface area contributed by atoms with Crippen LogP contribution >= 0.6 is 7.14 Å². The number of hydrogen-bond acceptors (Lipinski definition) is 2. The number of phenolic OH excluding ortho intramolecular Hbond substituents is 1. The van der Waals surface area contributed by atoms with Crippen LogP contribution in [0, 0.1) is 0 Å². The molecule has 0 saturated carbocycles. The van der Waals surface area contributed by atoms with E-state index in [1.54, 1.807) is 6.07 Å². The van der Waals surface area contributed by atoms with Crippen molar-refractivity contribution < 1.29 is 9.67 Å². The normalized spacial score (nSPS) is 13.9. The molecule has 4 aromatic carbocycles. The fraction of sp³-hybridized carbons (Fsp3) is 0.154. The van der Waals surface area contributed by atoms with Gasteiger partial charge in [0, 0.05) is 21.3 Å². The van der Waals surface area contributed by atoms with Crippen LogP contribution in [0.2, 0.25) is 0 Å². The highest BCUT2D eigenvalue weighted by Gasteiger charge is 2.41. The molecule has 0 unspecified atom stereocenters. The molecule has 0 aliphatic rings. The summed E-state index contributed by atoms with van der Waals surface area (Å²) in [6.45, 7) is 6.08. The molecule has 1 atom stereocenters. The molecule has 29 heavy (non-hydrogen) atoms. The Labute approximate surface area is 172 Å². The Balaban J connectivity index is 2.10. The predicted molar refractivity (Wildman–Crippen MR) is 124 cm³/mol. The topological polar surface area (TPSA) is 37.3 Å². The van der Waals surface area contributed by atoms with Gasteiger partial charge in [-0.3, -0.25) is 0 Å². The van der Waals surface area contributed by atoms with Crippen molar-refractivity contribution in [1.82, 2.24) is 0 Å². The lowest BCUT2D eigenvalue weighted by molar-refractivity contribution is 0.478. The summed E-state index contributed by atoms with van der Waals surface area (Å²) in [7, 11) is -3.02. The summed E-state index contributed by atoms with van der Waals surface area (Å²) in [5.74, 6) is 0.199. The van der Waals surface area contributed by atoms with Crippen LogP contribution in [0.3, 0.4) is 0 Å². The van der Waals surface area contributed by atoms with Crippen molar-refractivity contribution in [2.45, 2.75) is 25.9 Å². The van der Waals surface area contributed by atoms with Crippen molar-refractivity contribution in [3.05, 3.63) is 91.0 Å². The van der Waals surface area contributed by atoms with Crippen LogP contribution in [0.4, 0.5) is 0 Å². The molecule has 0 aliphatic carbocycles. The molecule has 0 aromatic heterocycles. The maximum atomic E-state index is 14.8. The maximum absolute atomic E-state index is 14.8. The van der Waals surface area contributed by atoms with E-state index in [4.69, 9.17) is 0 Å². The second-order valence-corrected chi connectivity index (χ2v) is 11.9. The number of aromatic hydroxyl groups is 1. The van der Waals surface area contributed by atoms with Crippen LogP contribution in [-0.4, -0.2) is 10.3 Å². The zero-order valence-corrected chi connectivity index (χ0v) is 17.9. The van der Waals surface area contributed by atoms with Crippen molar-refractivity contribution in [3.63, 3.8) is 0 Å². The zero-order chi connectivity index (χ0) is 20.6. The van der Waals surface area contributed by atoms with E-state index in [1.165, 1.54) is 0 Å². The number of rotatable bonds is 3. The lowest BCUT2D eigenvalue weighted by Gasteiger charge is -2.33. The second kappa shape index (κ2) is 7.21. The summed E-state index contributed by atoms with van der Waals surface area (Å²) >= 11 is 0. The number of fused-ring (bicyclic) bond motifs is 1. The van der Waals surface area contributed by atoms with Gasteiger partial charge in [-0.15, -0.1) is 0 Å². The molecule has 4 aromatic rings. The molecule has 3 heteroatoms. The molecule has 0 heterocycles. The van der Waals surface area contributed by atoms with Crippen molar-refractivity contribution >= 4 is 28.5 Å². The average Bonchev–Trinajstić information content (AvgIpc) is 2.73. The van der Waals surface area contributed by atoms with Crippen LogP contribution < -0.4 is 10.6 Å². The highest BCUT2D eigenvalue weighted by molar-refractivity contribution is 7.80. The third-order valence-electron chi connectivity index (χ3n) is 5.48. The Morgan fingerprint density at radius 1 is 0.724 bits per heavy atom. The van der Waals surface area contributed by atoms with E-state index < -0.39 is 12.3 Å². The molecular weight excluding hydrogens is 375 g/mol. The number of hydrogen-bond donors (Lipinski definition) is 1. The molecule has 1 N–H and O–H groups in total. The Bertz CT molecular complexity index is 1220. The van der Waals surface area contributed by atoms with E-state index >= 15 is 0 Å². The molecule has 0 fully saturated rings. The van der Waals surface area contributed by atoms with Gasteiger partial charge in [0.05, 0.1) is 0 Å². The monoisotopic (exact) mass is 400 g/mol. The van der Waals surface area contributed by atoms with E-state index in [0.717, 1.165) is 32.5 Å². The molecule has 0 saturated heterocycles. The summed E-state index contributed by atoms with van der Waals surface area (Å²) in [5.41, 5.74) is 1.56. The summed E-state index contributed by atoms with van der Waals surface area (Å²) < 4.78 is 14.8. The van der Waals surface area contributed by atoms with Crippen molar-refractivity contribution in [2.24, 2.45) is 0 Å². The molecule has 0 bridgehead atoms. The lowest BCUT2D eigenvalue weighted by atomic mass is 9.97. The van der Waals surface area contributed by atoms with Gasteiger partial charge in [-0.1, -0.05) is 106 Å². The van der Waals surface area contributed by atoms with E-state index in [2.05, 4.69) is 0 Å². The average molecular weight is 400 g/mol. The van der Waals surface area contributed by atoms with Crippen LogP contribution in [0.5, 0.6) is 5.75 Å². The molecule has 0 spiro atoms. The molecule has 2 nitrogen and oxygen atoms in total. The van der Waals surface area contributed by atoms with E-state index in [-0.39, 0.29) is 5.75 Å². The van der Waals surface area contributed by atoms with Crippen LogP contribution in [0.15, 0.2) is 91.0 Å². The van der Waals surface area contributed by atoms with Gasteiger partial charge in [-0.25, -0.2) is 0 Å². The Morgan fingerprint density at radius 3 is 2.07 bits per heavy atom. The molecule has 0 aliphatic heterocycles. The highest BCUT2D eigenvalue weighted by atomic mass is 31.2. The van der Waals surface area contributed by atoms with Gasteiger partial charge < -0.3 is 9.67 Å². The fourth-order valence-electron chi connectivity index (χ4n) is 4.03. The first-order valence-electron chi connectivity index (χ1n) is 9.80. The van der Waals surface area contributed by atoms with Gasteiger partial charge in [0.15, 0.2) is 0 Å². The third-order valence-corrected chi connectivity index (χ3v) is 9.47. The second-order valence-electron chi connectivity index (χ2n) is 8.31. The van der Waals surface area contributed by atoms with Crippen LogP contribution in [0.1, 0.15) is 20.8 Å². The van der Waals surface area contributed by atoms with Crippen molar-refractivity contribution in [1.29, 1.82) is 0 Å². The lowest BCUT2D eigenvalue weighted by Crippen LogP contribution is -2.31. The maximum Gasteiger partial charge on any atom is 0.148 e. The summed E-state index contributed by atoms with van der Waals surface area (Å²) in [6.07, 6.45) is 0. The van der Waals surface area contributed by atoms with Crippen LogP contribution in [0.25, 0.3) is 21.9 Å². The van der Waals surface area contributed by atoms with Gasteiger partial charge in [0.25, 0.3) is 0 Å². The molecule has 146 valence electrons. The Morgan fingerprint density at radius 2 is 1.34 bits per heavy atom. The summed E-state index contributed by atoms with van der Waals surface area (Å²) in [6, 6.07) is 29.1. The molecule has 0 amide bonds. The predicted octanol–water partition coefficient (Wildman–Crippen LogP) is 6.32. The number of phenols is 1. The fourth-order valence-corrected chi connectivity index (χ4v) is 7.22. The van der Waals surface area contributed by atoms with E-state index in [9.17, 15) is 9.67 Å². The third kappa shape index (κ3) is 3.18. The zero-order valence-electron chi connectivity index (χ0n) is 17.0. The van der Waals surface area contributed by atoms with Crippen molar-refractivity contribution in [3.8, 4) is 16.9 Å². The minimum Gasteiger partial charge on any atom is -0.507 e. The SMILES string of the molecule is CC(C)(C)[P@@](=O)(c1ccccc1)c1ccccc1-c1c(O)ccc2ccccc12. The summed E-state index contributed by atoms with van der Waals surface area (Å²) in [5, 5.41) is 14.0. The van der Waals surface area contributed by atoms with E-state index in [1.807, 2.05) is 106 Å². The first-order chi connectivity index (χ1) is 13.8. The Hall–Kier alpha value is -2.83. The first kappa shape index (κ1) is 19.5. The molecular formula is C26H25O2P. The highest BCUT2D eigenvalue weighted by Crippen LogP contribution is 2.57. The quantitative estimate of drug-likeness (QED) is 0.408.